The molecule has 176 valence electrons. The highest BCUT2D eigenvalue weighted by atomic mass is 16.6. The summed E-state index contributed by atoms with van der Waals surface area (Å²) >= 11 is 0. The molecule has 1 aliphatic rings. The van der Waals surface area contributed by atoms with Gasteiger partial charge >= 0.3 is 5.97 Å². The van der Waals surface area contributed by atoms with Gasteiger partial charge in [-0.1, -0.05) is 68.1 Å². The Hall–Kier alpha value is -2.55. The molecule has 1 heterocycles. The molecular weight excluding hydrogens is 406 g/mol. The van der Waals surface area contributed by atoms with Crippen LogP contribution in [0.15, 0.2) is 48.5 Å². The van der Waals surface area contributed by atoms with Crippen molar-refractivity contribution in [2.24, 2.45) is 5.92 Å². The number of aryl methyl sites for hydroxylation is 1. The van der Waals surface area contributed by atoms with E-state index in [0.717, 1.165) is 24.9 Å². The van der Waals surface area contributed by atoms with Crippen LogP contribution >= 0.6 is 0 Å². The molecule has 1 aromatic heterocycles. The lowest BCUT2D eigenvalue weighted by Gasteiger charge is -2.29. The van der Waals surface area contributed by atoms with E-state index in [2.05, 4.69) is 66.9 Å². The van der Waals surface area contributed by atoms with Gasteiger partial charge in [-0.05, 0) is 76.1 Å². The van der Waals surface area contributed by atoms with Crippen LogP contribution in [-0.4, -0.2) is 16.1 Å². The van der Waals surface area contributed by atoms with Gasteiger partial charge in [-0.3, -0.25) is 4.79 Å². The molecule has 0 radical (unpaired) electrons. The van der Waals surface area contributed by atoms with E-state index in [4.69, 9.17) is 4.74 Å². The lowest BCUT2D eigenvalue weighted by Crippen LogP contribution is -2.31. The Labute approximate surface area is 199 Å². The standard InChI is InChI=1S/C30H39NO2/c1-21-22(2)31(27-15-11-10-14-26(21)27)20-23-16-18-25(19-17-23)28(29(32)33-30(3,4)5)24-12-8-6-7-9-13-24/h10-11,14-19,24,28H,6-9,12-13,20H2,1-5H3. The van der Waals surface area contributed by atoms with Crippen molar-refractivity contribution in [2.45, 2.75) is 91.2 Å². The molecule has 0 aliphatic heterocycles. The smallest absolute Gasteiger partial charge is 0.314 e. The predicted molar refractivity (Wildman–Crippen MR) is 137 cm³/mol. The predicted octanol–water partition coefficient (Wildman–Crippen LogP) is 7.70. The summed E-state index contributed by atoms with van der Waals surface area (Å²) in [6.45, 7) is 11.1. The number of carbonyl (C=O) groups is 1. The summed E-state index contributed by atoms with van der Waals surface area (Å²) in [5.74, 6) is 0.129. The van der Waals surface area contributed by atoms with E-state index in [1.54, 1.807) is 0 Å². The molecule has 1 fully saturated rings. The van der Waals surface area contributed by atoms with E-state index in [9.17, 15) is 4.79 Å². The maximum atomic E-state index is 13.3. The van der Waals surface area contributed by atoms with Crippen LogP contribution in [0.25, 0.3) is 10.9 Å². The van der Waals surface area contributed by atoms with Crippen molar-refractivity contribution in [3.8, 4) is 0 Å². The summed E-state index contributed by atoms with van der Waals surface area (Å²) in [5, 5.41) is 1.32. The largest absolute Gasteiger partial charge is 0.459 e. The maximum absolute atomic E-state index is 13.3. The SMILES string of the molecule is Cc1c(C)n(Cc2ccc(C(C(=O)OC(C)(C)C)C3CCCCCC3)cc2)c2ccccc12. The topological polar surface area (TPSA) is 31.2 Å². The first-order valence-corrected chi connectivity index (χ1v) is 12.6. The number of esters is 1. The van der Waals surface area contributed by atoms with Crippen LogP contribution in [0, 0.1) is 19.8 Å². The first-order chi connectivity index (χ1) is 15.7. The Morgan fingerprint density at radius 2 is 1.61 bits per heavy atom. The Balaban J connectivity index is 1.61. The molecule has 0 N–H and O–H groups in total. The van der Waals surface area contributed by atoms with Crippen LogP contribution in [0.5, 0.6) is 0 Å². The molecular formula is C30H39NO2. The van der Waals surface area contributed by atoms with Crippen LogP contribution in [0.2, 0.25) is 0 Å². The number of benzene rings is 2. The number of fused-ring (bicyclic) bond motifs is 1. The number of hydrogen-bond donors (Lipinski definition) is 0. The quantitative estimate of drug-likeness (QED) is 0.297. The minimum absolute atomic E-state index is 0.0648. The number of para-hydroxylation sites is 1. The summed E-state index contributed by atoms with van der Waals surface area (Å²) in [7, 11) is 0. The maximum Gasteiger partial charge on any atom is 0.314 e. The van der Waals surface area contributed by atoms with Crippen LogP contribution in [-0.2, 0) is 16.1 Å². The Kier molecular flexibility index (Phi) is 6.97. The molecule has 3 aromatic rings. The van der Waals surface area contributed by atoms with Gasteiger partial charge in [-0.25, -0.2) is 0 Å². The number of ether oxygens (including phenoxy) is 1. The second kappa shape index (κ2) is 9.75. The zero-order valence-electron chi connectivity index (χ0n) is 21.0. The molecule has 0 amide bonds. The summed E-state index contributed by atoms with van der Waals surface area (Å²) in [5.41, 5.74) is 5.83. The number of hydrogen-bond acceptors (Lipinski definition) is 2. The third-order valence-corrected chi connectivity index (χ3v) is 7.26. The van der Waals surface area contributed by atoms with E-state index in [1.807, 2.05) is 20.8 Å². The molecule has 3 heteroatoms. The van der Waals surface area contributed by atoms with Crippen LogP contribution in [0.3, 0.4) is 0 Å². The van der Waals surface area contributed by atoms with E-state index in [1.165, 1.54) is 53.4 Å². The van der Waals surface area contributed by atoms with Crippen molar-refractivity contribution in [2.75, 3.05) is 0 Å². The second-order valence-electron chi connectivity index (χ2n) is 10.8. The van der Waals surface area contributed by atoms with Crippen molar-refractivity contribution in [1.82, 2.24) is 4.57 Å². The van der Waals surface area contributed by atoms with Crippen LogP contribution < -0.4 is 0 Å². The Morgan fingerprint density at radius 3 is 2.24 bits per heavy atom. The van der Waals surface area contributed by atoms with Gasteiger partial charge in [0.2, 0.25) is 0 Å². The van der Waals surface area contributed by atoms with E-state index in [-0.39, 0.29) is 11.9 Å². The summed E-state index contributed by atoms with van der Waals surface area (Å²) < 4.78 is 8.30. The third kappa shape index (κ3) is 5.34. The van der Waals surface area contributed by atoms with Gasteiger partial charge in [-0.15, -0.1) is 0 Å². The monoisotopic (exact) mass is 445 g/mol. The van der Waals surface area contributed by atoms with E-state index < -0.39 is 5.60 Å². The number of carbonyl (C=O) groups excluding carboxylic acids is 1. The summed E-state index contributed by atoms with van der Waals surface area (Å²) in [6, 6.07) is 17.4. The van der Waals surface area contributed by atoms with Gasteiger partial charge in [0.1, 0.15) is 5.60 Å². The van der Waals surface area contributed by atoms with Crippen molar-refractivity contribution < 1.29 is 9.53 Å². The molecule has 1 unspecified atom stereocenters. The average molecular weight is 446 g/mol. The van der Waals surface area contributed by atoms with E-state index >= 15 is 0 Å². The first kappa shape index (κ1) is 23.6. The third-order valence-electron chi connectivity index (χ3n) is 7.26. The van der Waals surface area contributed by atoms with Crippen molar-refractivity contribution in [3.05, 3.63) is 70.9 Å². The zero-order chi connectivity index (χ0) is 23.6. The zero-order valence-corrected chi connectivity index (χ0v) is 21.0. The second-order valence-corrected chi connectivity index (χ2v) is 10.8. The number of nitrogens with zero attached hydrogens (tertiary/aromatic N) is 1. The Bertz CT molecular complexity index is 1090. The minimum Gasteiger partial charge on any atom is -0.459 e. The number of rotatable bonds is 5. The molecule has 0 spiro atoms. The highest BCUT2D eigenvalue weighted by molar-refractivity contribution is 5.85. The lowest BCUT2D eigenvalue weighted by molar-refractivity contribution is -0.158. The van der Waals surface area contributed by atoms with Crippen molar-refractivity contribution >= 4 is 16.9 Å². The average Bonchev–Trinajstić information content (AvgIpc) is 2.95. The van der Waals surface area contributed by atoms with Gasteiger partial charge in [0.15, 0.2) is 0 Å². The fourth-order valence-electron chi connectivity index (χ4n) is 5.43. The molecule has 4 rings (SSSR count). The van der Waals surface area contributed by atoms with Crippen molar-refractivity contribution in [3.63, 3.8) is 0 Å². The van der Waals surface area contributed by atoms with Crippen molar-refractivity contribution in [1.29, 1.82) is 0 Å². The van der Waals surface area contributed by atoms with Gasteiger partial charge in [-0.2, -0.15) is 0 Å². The lowest BCUT2D eigenvalue weighted by atomic mass is 9.81. The molecule has 0 saturated heterocycles. The van der Waals surface area contributed by atoms with Crippen LogP contribution in [0.1, 0.15) is 87.6 Å². The molecule has 1 atom stereocenters. The summed E-state index contributed by atoms with van der Waals surface area (Å²) in [4.78, 5) is 13.3. The normalized spacial score (nSPS) is 16.5. The molecule has 2 aromatic carbocycles. The van der Waals surface area contributed by atoms with Crippen LogP contribution in [0.4, 0.5) is 0 Å². The molecule has 1 aliphatic carbocycles. The van der Waals surface area contributed by atoms with Gasteiger partial charge < -0.3 is 9.30 Å². The molecule has 33 heavy (non-hydrogen) atoms. The minimum atomic E-state index is -0.467. The molecule has 0 bridgehead atoms. The summed E-state index contributed by atoms with van der Waals surface area (Å²) in [6.07, 6.45) is 7.20. The van der Waals surface area contributed by atoms with E-state index in [0.29, 0.717) is 5.92 Å². The van der Waals surface area contributed by atoms with Gasteiger partial charge in [0, 0.05) is 23.1 Å². The molecule has 1 saturated carbocycles. The van der Waals surface area contributed by atoms with Gasteiger partial charge in [0.25, 0.3) is 0 Å². The fourth-order valence-corrected chi connectivity index (χ4v) is 5.43. The van der Waals surface area contributed by atoms with Gasteiger partial charge in [0.05, 0.1) is 5.92 Å². The first-order valence-electron chi connectivity index (χ1n) is 12.6. The number of aromatic nitrogens is 1. The highest BCUT2D eigenvalue weighted by Crippen LogP contribution is 2.37. The Morgan fingerprint density at radius 1 is 0.970 bits per heavy atom. The fraction of sp³-hybridized carbons (Fsp3) is 0.500. The molecule has 3 nitrogen and oxygen atoms in total. The highest BCUT2D eigenvalue weighted by Gasteiger charge is 2.33.